The van der Waals surface area contributed by atoms with Gasteiger partial charge in [-0.05, 0) is 49.2 Å². The molecule has 0 fully saturated rings. The minimum absolute atomic E-state index is 0.185. The van der Waals surface area contributed by atoms with Crippen molar-refractivity contribution < 1.29 is 19.0 Å². The summed E-state index contributed by atoms with van der Waals surface area (Å²) in [4.78, 5) is 12.5. The van der Waals surface area contributed by atoms with E-state index in [4.69, 9.17) is 14.2 Å². The van der Waals surface area contributed by atoms with Crippen LogP contribution in [0.4, 0.5) is 5.69 Å². The Kier molecular flexibility index (Phi) is 6.69. The quantitative estimate of drug-likeness (QED) is 0.720. The molecular weight excluding hydrogens is 318 g/mol. The maximum atomic E-state index is 12.5. The second kappa shape index (κ2) is 8.97. The first-order valence-corrected chi connectivity index (χ1v) is 8.35. The zero-order chi connectivity index (χ0) is 18.2. The number of hydrogen-bond acceptors (Lipinski definition) is 4. The minimum atomic E-state index is -0.185. The SMILES string of the molecule is CCCCOc1ccc(C(=O)Nc2cc(OC)c(OC)cc2C)cc1. The lowest BCUT2D eigenvalue weighted by Gasteiger charge is -2.14. The summed E-state index contributed by atoms with van der Waals surface area (Å²) in [5, 5.41) is 2.91. The molecule has 0 aliphatic heterocycles. The number of rotatable bonds is 8. The second-order valence-electron chi connectivity index (χ2n) is 5.70. The first-order valence-electron chi connectivity index (χ1n) is 8.35. The number of carbonyl (C=O) groups excluding carboxylic acids is 1. The third-order valence-electron chi connectivity index (χ3n) is 3.86. The van der Waals surface area contributed by atoms with Gasteiger partial charge in [0.1, 0.15) is 5.75 Å². The summed E-state index contributed by atoms with van der Waals surface area (Å²) in [5.41, 5.74) is 2.15. The Morgan fingerprint density at radius 1 is 1.04 bits per heavy atom. The molecule has 0 bridgehead atoms. The maximum absolute atomic E-state index is 12.5. The summed E-state index contributed by atoms with van der Waals surface area (Å²) in [7, 11) is 3.15. The maximum Gasteiger partial charge on any atom is 0.255 e. The Morgan fingerprint density at radius 3 is 2.28 bits per heavy atom. The number of aryl methyl sites for hydroxylation is 1. The van der Waals surface area contributed by atoms with Crippen molar-refractivity contribution in [1.82, 2.24) is 0 Å². The van der Waals surface area contributed by atoms with E-state index in [0.717, 1.165) is 24.2 Å². The van der Waals surface area contributed by atoms with Crippen molar-refractivity contribution in [2.24, 2.45) is 0 Å². The average Bonchev–Trinajstić information content (AvgIpc) is 2.63. The number of hydrogen-bond donors (Lipinski definition) is 1. The van der Waals surface area contributed by atoms with Crippen molar-refractivity contribution in [1.29, 1.82) is 0 Å². The fourth-order valence-electron chi connectivity index (χ4n) is 2.35. The Labute approximate surface area is 148 Å². The molecule has 0 unspecified atom stereocenters. The lowest BCUT2D eigenvalue weighted by Crippen LogP contribution is -2.13. The van der Waals surface area contributed by atoms with Gasteiger partial charge in [-0.3, -0.25) is 4.79 Å². The standard InChI is InChI=1S/C20H25NO4/c1-5-6-11-25-16-9-7-15(8-10-16)20(22)21-17-13-19(24-4)18(23-3)12-14(17)2/h7-10,12-13H,5-6,11H2,1-4H3,(H,21,22). The van der Waals surface area contributed by atoms with E-state index in [1.807, 2.05) is 25.1 Å². The fourth-order valence-corrected chi connectivity index (χ4v) is 2.35. The zero-order valence-electron chi connectivity index (χ0n) is 15.2. The molecule has 0 aliphatic rings. The van der Waals surface area contributed by atoms with E-state index in [1.165, 1.54) is 0 Å². The van der Waals surface area contributed by atoms with E-state index in [9.17, 15) is 4.79 Å². The molecule has 2 rings (SSSR count). The van der Waals surface area contributed by atoms with Crippen LogP contribution in [0.5, 0.6) is 17.2 Å². The van der Waals surface area contributed by atoms with Crippen molar-refractivity contribution >= 4 is 11.6 Å². The molecule has 25 heavy (non-hydrogen) atoms. The van der Waals surface area contributed by atoms with Crippen molar-refractivity contribution in [2.75, 3.05) is 26.1 Å². The highest BCUT2D eigenvalue weighted by Crippen LogP contribution is 2.33. The van der Waals surface area contributed by atoms with Crippen LogP contribution in [-0.2, 0) is 0 Å². The molecule has 0 saturated heterocycles. The van der Waals surface area contributed by atoms with Crippen LogP contribution in [-0.4, -0.2) is 26.7 Å². The largest absolute Gasteiger partial charge is 0.494 e. The van der Waals surface area contributed by atoms with Crippen LogP contribution in [0.2, 0.25) is 0 Å². The van der Waals surface area contributed by atoms with Crippen molar-refractivity contribution in [2.45, 2.75) is 26.7 Å². The lowest BCUT2D eigenvalue weighted by atomic mass is 10.1. The molecular formula is C20H25NO4. The van der Waals surface area contributed by atoms with Crippen LogP contribution < -0.4 is 19.5 Å². The van der Waals surface area contributed by atoms with Gasteiger partial charge in [0.25, 0.3) is 5.91 Å². The molecule has 0 atom stereocenters. The van der Waals surface area contributed by atoms with Gasteiger partial charge in [-0.25, -0.2) is 0 Å². The Balaban J connectivity index is 2.09. The van der Waals surface area contributed by atoms with Gasteiger partial charge >= 0.3 is 0 Å². The van der Waals surface area contributed by atoms with Gasteiger partial charge in [-0.1, -0.05) is 13.3 Å². The highest BCUT2D eigenvalue weighted by molar-refractivity contribution is 6.04. The number of benzene rings is 2. The van der Waals surface area contributed by atoms with Crippen LogP contribution >= 0.6 is 0 Å². The molecule has 2 aromatic rings. The Morgan fingerprint density at radius 2 is 1.68 bits per heavy atom. The molecule has 0 spiro atoms. The van der Waals surface area contributed by atoms with Crippen LogP contribution in [0.1, 0.15) is 35.7 Å². The van der Waals surface area contributed by atoms with E-state index < -0.39 is 0 Å². The van der Waals surface area contributed by atoms with E-state index in [1.54, 1.807) is 32.4 Å². The first-order chi connectivity index (χ1) is 12.1. The Bertz CT molecular complexity index is 710. The number of nitrogens with one attached hydrogen (secondary N) is 1. The highest BCUT2D eigenvalue weighted by atomic mass is 16.5. The predicted molar refractivity (Wildman–Crippen MR) is 99.1 cm³/mol. The molecule has 1 amide bonds. The molecule has 0 aromatic heterocycles. The normalized spacial score (nSPS) is 10.2. The van der Waals surface area contributed by atoms with Crippen molar-refractivity contribution in [3.8, 4) is 17.2 Å². The molecule has 0 saturated carbocycles. The summed E-state index contributed by atoms with van der Waals surface area (Å²) in [6.45, 7) is 4.71. The van der Waals surface area contributed by atoms with Crippen LogP contribution in [0, 0.1) is 6.92 Å². The summed E-state index contributed by atoms with van der Waals surface area (Å²) in [6.07, 6.45) is 2.10. The van der Waals surface area contributed by atoms with Gasteiger partial charge in [-0.2, -0.15) is 0 Å². The number of anilines is 1. The number of amides is 1. The van der Waals surface area contributed by atoms with Crippen molar-refractivity contribution in [3.05, 3.63) is 47.5 Å². The molecule has 0 aliphatic carbocycles. The summed E-state index contributed by atoms with van der Waals surface area (Å²) in [6, 6.07) is 10.7. The van der Waals surface area contributed by atoms with E-state index in [0.29, 0.717) is 29.4 Å². The van der Waals surface area contributed by atoms with Crippen LogP contribution in [0.15, 0.2) is 36.4 Å². The van der Waals surface area contributed by atoms with E-state index >= 15 is 0 Å². The number of unbranched alkanes of at least 4 members (excludes halogenated alkanes) is 1. The lowest BCUT2D eigenvalue weighted by molar-refractivity contribution is 0.102. The third kappa shape index (κ3) is 4.89. The monoisotopic (exact) mass is 343 g/mol. The molecule has 5 nitrogen and oxygen atoms in total. The van der Waals surface area contributed by atoms with Gasteiger partial charge in [0.05, 0.1) is 20.8 Å². The zero-order valence-corrected chi connectivity index (χ0v) is 15.2. The van der Waals surface area contributed by atoms with Gasteiger partial charge in [0, 0.05) is 17.3 Å². The summed E-state index contributed by atoms with van der Waals surface area (Å²) in [5.74, 6) is 1.79. The van der Waals surface area contributed by atoms with Gasteiger partial charge in [-0.15, -0.1) is 0 Å². The van der Waals surface area contributed by atoms with Crippen LogP contribution in [0.3, 0.4) is 0 Å². The fraction of sp³-hybridized carbons (Fsp3) is 0.350. The smallest absolute Gasteiger partial charge is 0.255 e. The summed E-state index contributed by atoms with van der Waals surface area (Å²) < 4.78 is 16.2. The minimum Gasteiger partial charge on any atom is -0.494 e. The molecule has 0 heterocycles. The molecule has 1 N–H and O–H groups in total. The summed E-state index contributed by atoms with van der Waals surface area (Å²) >= 11 is 0. The Hall–Kier alpha value is -2.69. The molecule has 134 valence electrons. The molecule has 2 aromatic carbocycles. The third-order valence-corrected chi connectivity index (χ3v) is 3.86. The second-order valence-corrected chi connectivity index (χ2v) is 5.70. The topological polar surface area (TPSA) is 56.8 Å². The van der Waals surface area contributed by atoms with Crippen molar-refractivity contribution in [3.63, 3.8) is 0 Å². The van der Waals surface area contributed by atoms with Gasteiger partial charge in [0.2, 0.25) is 0 Å². The number of methoxy groups -OCH3 is 2. The molecule has 0 radical (unpaired) electrons. The van der Waals surface area contributed by atoms with E-state index in [-0.39, 0.29) is 5.91 Å². The number of ether oxygens (including phenoxy) is 3. The predicted octanol–water partition coefficient (Wildman–Crippen LogP) is 4.44. The van der Waals surface area contributed by atoms with Crippen LogP contribution in [0.25, 0.3) is 0 Å². The van der Waals surface area contributed by atoms with Gasteiger partial charge in [0.15, 0.2) is 11.5 Å². The number of carbonyl (C=O) groups is 1. The highest BCUT2D eigenvalue weighted by Gasteiger charge is 2.12. The first kappa shape index (κ1) is 18.6. The van der Waals surface area contributed by atoms with Gasteiger partial charge < -0.3 is 19.5 Å². The van der Waals surface area contributed by atoms with E-state index in [2.05, 4.69) is 12.2 Å². The molecule has 5 heteroatoms. The average molecular weight is 343 g/mol.